The minimum absolute atomic E-state index is 0.330. The van der Waals surface area contributed by atoms with Crippen LogP contribution >= 0.6 is 27.5 Å². The van der Waals surface area contributed by atoms with Gasteiger partial charge in [-0.1, -0.05) is 36.2 Å². The number of hydrogen-bond acceptors (Lipinski definition) is 1. The molecule has 0 spiro atoms. The third-order valence-corrected chi connectivity index (χ3v) is 5.24. The summed E-state index contributed by atoms with van der Waals surface area (Å²) in [5, 5.41) is 0. The van der Waals surface area contributed by atoms with E-state index in [0.29, 0.717) is 17.3 Å². The number of aromatic nitrogens is 2. The van der Waals surface area contributed by atoms with Crippen LogP contribution in [0.1, 0.15) is 45.0 Å². The number of rotatable bonds is 3. The van der Waals surface area contributed by atoms with Gasteiger partial charge in [0.05, 0.1) is 11.0 Å². The molecule has 1 fully saturated rings. The third kappa shape index (κ3) is 2.39. The van der Waals surface area contributed by atoms with Crippen LogP contribution in [-0.2, 0) is 6.42 Å². The Bertz CT molecular complexity index is 633. The van der Waals surface area contributed by atoms with E-state index in [1.54, 1.807) is 0 Å². The predicted molar refractivity (Wildman–Crippen MR) is 88.5 cm³/mol. The molecule has 0 radical (unpaired) electrons. The van der Waals surface area contributed by atoms with Crippen LogP contribution in [0, 0.1) is 5.41 Å². The van der Waals surface area contributed by atoms with Gasteiger partial charge in [0.15, 0.2) is 0 Å². The van der Waals surface area contributed by atoms with E-state index in [9.17, 15) is 0 Å². The number of halogens is 2. The maximum absolute atomic E-state index is 5.98. The average Bonchev–Trinajstić information content (AvgIpc) is 2.89. The van der Waals surface area contributed by atoms with Crippen molar-refractivity contribution in [1.29, 1.82) is 0 Å². The largest absolute Gasteiger partial charge is 0.324 e. The van der Waals surface area contributed by atoms with Gasteiger partial charge in [-0.25, -0.2) is 4.98 Å². The molecule has 20 heavy (non-hydrogen) atoms. The van der Waals surface area contributed by atoms with Crippen molar-refractivity contribution < 1.29 is 0 Å². The van der Waals surface area contributed by atoms with Gasteiger partial charge in [0, 0.05) is 22.8 Å². The molecule has 1 unspecified atom stereocenters. The Balaban J connectivity index is 2.20. The molecule has 0 aliphatic heterocycles. The van der Waals surface area contributed by atoms with Gasteiger partial charge in [-0.15, -0.1) is 11.6 Å². The molecule has 1 aromatic heterocycles. The van der Waals surface area contributed by atoms with E-state index in [4.69, 9.17) is 16.6 Å². The van der Waals surface area contributed by atoms with Crippen molar-refractivity contribution in [2.75, 3.05) is 5.88 Å². The summed E-state index contributed by atoms with van der Waals surface area (Å²) in [6.07, 6.45) is 4.65. The summed E-state index contributed by atoms with van der Waals surface area (Å²) in [7, 11) is 0. The summed E-state index contributed by atoms with van der Waals surface area (Å²) in [5.41, 5.74) is 2.65. The smallest absolute Gasteiger partial charge is 0.111 e. The maximum atomic E-state index is 5.98. The standard InChI is InChI=1S/C16H20BrClN2/c1-16(2)8-3-4-14(16)20-13-10-11(17)5-6-12(13)19-15(20)7-9-18/h5-6,10,14H,3-4,7-9H2,1-2H3. The second-order valence-electron chi connectivity index (χ2n) is 6.37. The van der Waals surface area contributed by atoms with E-state index < -0.39 is 0 Å². The van der Waals surface area contributed by atoms with Crippen molar-refractivity contribution >= 4 is 38.6 Å². The summed E-state index contributed by atoms with van der Waals surface area (Å²) in [6, 6.07) is 6.87. The molecule has 1 aromatic carbocycles. The highest BCUT2D eigenvalue weighted by Gasteiger charge is 2.37. The lowest BCUT2D eigenvalue weighted by atomic mass is 9.87. The molecule has 2 nitrogen and oxygen atoms in total. The van der Waals surface area contributed by atoms with Crippen molar-refractivity contribution in [2.24, 2.45) is 5.41 Å². The van der Waals surface area contributed by atoms with Gasteiger partial charge in [0.2, 0.25) is 0 Å². The summed E-state index contributed by atoms with van der Waals surface area (Å²) in [6.45, 7) is 4.75. The van der Waals surface area contributed by atoms with Crippen LogP contribution in [0.4, 0.5) is 0 Å². The molecule has 0 bridgehead atoms. The van der Waals surface area contributed by atoms with Crippen molar-refractivity contribution in [1.82, 2.24) is 9.55 Å². The molecule has 108 valence electrons. The Labute approximate surface area is 133 Å². The molecule has 2 aromatic rings. The first-order valence-electron chi connectivity index (χ1n) is 7.25. The number of fused-ring (bicyclic) bond motifs is 1. The summed E-state index contributed by atoms with van der Waals surface area (Å²) < 4.78 is 3.56. The lowest BCUT2D eigenvalue weighted by Gasteiger charge is -2.30. The van der Waals surface area contributed by atoms with Gasteiger partial charge in [0.25, 0.3) is 0 Å². The molecule has 3 rings (SSSR count). The average molecular weight is 356 g/mol. The van der Waals surface area contributed by atoms with Crippen molar-refractivity contribution in [2.45, 2.75) is 45.6 Å². The molecule has 0 N–H and O–H groups in total. The first-order chi connectivity index (χ1) is 9.53. The van der Waals surface area contributed by atoms with E-state index >= 15 is 0 Å². The molecule has 0 amide bonds. The van der Waals surface area contributed by atoms with E-state index in [1.807, 2.05) is 0 Å². The first kappa shape index (κ1) is 14.4. The number of benzene rings is 1. The Hall–Kier alpha value is -0.540. The zero-order valence-electron chi connectivity index (χ0n) is 12.0. The zero-order valence-corrected chi connectivity index (χ0v) is 14.3. The predicted octanol–water partition coefficient (Wildman–Crippen LogP) is 5.33. The molecular formula is C16H20BrClN2. The Morgan fingerprint density at radius 3 is 2.90 bits per heavy atom. The Morgan fingerprint density at radius 1 is 1.45 bits per heavy atom. The van der Waals surface area contributed by atoms with Crippen LogP contribution in [0.2, 0.25) is 0 Å². The molecule has 1 aliphatic rings. The zero-order chi connectivity index (χ0) is 14.3. The van der Waals surface area contributed by atoms with Crippen LogP contribution in [-0.4, -0.2) is 15.4 Å². The summed E-state index contributed by atoms with van der Waals surface area (Å²) in [4.78, 5) is 4.81. The monoisotopic (exact) mass is 354 g/mol. The van der Waals surface area contributed by atoms with Gasteiger partial charge in [0.1, 0.15) is 5.82 Å². The summed E-state index contributed by atoms with van der Waals surface area (Å²) >= 11 is 9.57. The molecule has 1 saturated carbocycles. The number of hydrogen-bond donors (Lipinski definition) is 0. The van der Waals surface area contributed by atoms with Gasteiger partial charge >= 0.3 is 0 Å². The van der Waals surface area contributed by atoms with Crippen LogP contribution in [0.3, 0.4) is 0 Å². The molecular weight excluding hydrogens is 336 g/mol. The summed E-state index contributed by atoms with van der Waals surface area (Å²) in [5.74, 6) is 1.76. The first-order valence-corrected chi connectivity index (χ1v) is 8.58. The molecule has 1 heterocycles. The third-order valence-electron chi connectivity index (χ3n) is 4.56. The van der Waals surface area contributed by atoms with E-state index in [1.165, 1.54) is 24.8 Å². The highest BCUT2D eigenvalue weighted by molar-refractivity contribution is 9.10. The van der Waals surface area contributed by atoms with Gasteiger partial charge in [-0.2, -0.15) is 0 Å². The Morgan fingerprint density at radius 2 is 2.25 bits per heavy atom. The van der Waals surface area contributed by atoms with Crippen molar-refractivity contribution in [3.63, 3.8) is 0 Å². The molecule has 4 heteroatoms. The van der Waals surface area contributed by atoms with E-state index in [2.05, 4.69) is 52.5 Å². The number of nitrogens with zero attached hydrogens (tertiary/aromatic N) is 2. The molecule has 0 saturated heterocycles. The van der Waals surface area contributed by atoms with Gasteiger partial charge in [-0.3, -0.25) is 0 Å². The highest BCUT2D eigenvalue weighted by Crippen LogP contribution is 2.47. The number of aryl methyl sites for hydroxylation is 1. The van der Waals surface area contributed by atoms with Crippen LogP contribution in [0.25, 0.3) is 11.0 Å². The van der Waals surface area contributed by atoms with Gasteiger partial charge < -0.3 is 4.57 Å². The van der Waals surface area contributed by atoms with E-state index in [0.717, 1.165) is 22.2 Å². The fraction of sp³-hybridized carbons (Fsp3) is 0.562. The second-order valence-corrected chi connectivity index (χ2v) is 7.66. The normalized spacial score (nSPS) is 21.7. The maximum Gasteiger partial charge on any atom is 0.111 e. The quantitative estimate of drug-likeness (QED) is 0.680. The van der Waals surface area contributed by atoms with Crippen LogP contribution < -0.4 is 0 Å². The topological polar surface area (TPSA) is 17.8 Å². The number of imidazole rings is 1. The van der Waals surface area contributed by atoms with Crippen LogP contribution in [0.5, 0.6) is 0 Å². The fourth-order valence-corrected chi connectivity index (χ4v) is 4.03. The lowest BCUT2D eigenvalue weighted by molar-refractivity contribution is 0.261. The minimum Gasteiger partial charge on any atom is -0.324 e. The minimum atomic E-state index is 0.330. The molecule has 1 aliphatic carbocycles. The fourth-order valence-electron chi connectivity index (χ4n) is 3.51. The van der Waals surface area contributed by atoms with E-state index in [-0.39, 0.29) is 0 Å². The van der Waals surface area contributed by atoms with Crippen molar-refractivity contribution in [3.05, 3.63) is 28.5 Å². The second kappa shape index (κ2) is 5.34. The SMILES string of the molecule is CC1(C)CCCC1n1c(CCCl)nc2ccc(Br)cc21. The Kier molecular flexibility index (Phi) is 3.85. The van der Waals surface area contributed by atoms with Crippen LogP contribution in [0.15, 0.2) is 22.7 Å². The molecule has 1 atom stereocenters. The lowest BCUT2D eigenvalue weighted by Crippen LogP contribution is -2.23. The van der Waals surface area contributed by atoms with Gasteiger partial charge in [-0.05, 0) is 36.5 Å². The highest BCUT2D eigenvalue weighted by atomic mass is 79.9. The number of alkyl halides is 1. The van der Waals surface area contributed by atoms with Crippen molar-refractivity contribution in [3.8, 4) is 0 Å².